The molecule has 0 fully saturated rings. The molecule has 0 aliphatic rings. The number of rotatable bonds is 4. The zero-order valence-electron chi connectivity index (χ0n) is 14.0. The Labute approximate surface area is 155 Å². The van der Waals surface area contributed by atoms with Gasteiger partial charge < -0.3 is 10.6 Å². The zero-order chi connectivity index (χ0) is 20.3. The summed E-state index contributed by atoms with van der Waals surface area (Å²) in [4.78, 5) is 27.5. The molecule has 3 rings (SSSR count). The minimum absolute atomic E-state index is 0.146. The number of hydrogen-bond donors (Lipinski definition) is 2. The maximum atomic E-state index is 14.2. The predicted molar refractivity (Wildman–Crippen MR) is 93.0 cm³/mol. The van der Waals surface area contributed by atoms with Gasteiger partial charge in [0.05, 0.1) is 11.9 Å². The van der Waals surface area contributed by atoms with Crippen molar-refractivity contribution in [1.29, 1.82) is 0 Å². The van der Waals surface area contributed by atoms with Crippen molar-refractivity contribution in [2.45, 2.75) is 6.54 Å². The normalized spacial score (nSPS) is 10.6. The van der Waals surface area contributed by atoms with Gasteiger partial charge in [-0.1, -0.05) is 18.2 Å². The molecular formula is C18H12F4N4O2. The lowest BCUT2D eigenvalue weighted by Gasteiger charge is -2.10. The zero-order valence-corrected chi connectivity index (χ0v) is 14.0. The number of halogens is 4. The number of carbonyl (C=O) groups is 1. The molecule has 6 nitrogen and oxygen atoms in total. The molecule has 0 unspecified atom stereocenters. The van der Waals surface area contributed by atoms with Crippen molar-refractivity contribution in [2.75, 3.05) is 10.6 Å². The molecule has 1 aromatic heterocycles. The average molecular weight is 392 g/mol. The molecule has 0 atom stereocenters. The van der Waals surface area contributed by atoms with Crippen LogP contribution in [-0.2, 0) is 6.54 Å². The van der Waals surface area contributed by atoms with Crippen molar-refractivity contribution < 1.29 is 22.4 Å². The molecule has 1 heterocycles. The summed E-state index contributed by atoms with van der Waals surface area (Å²) >= 11 is 0. The summed E-state index contributed by atoms with van der Waals surface area (Å²) in [5.41, 5.74) is -1.34. The first kappa shape index (κ1) is 19.1. The third-order valence-electron chi connectivity index (χ3n) is 3.68. The molecule has 2 aromatic carbocycles. The first-order chi connectivity index (χ1) is 13.3. The fraction of sp³-hybridized carbons (Fsp3) is 0.0556. The minimum Gasteiger partial charge on any atom is -0.363 e. The lowest BCUT2D eigenvalue weighted by Crippen LogP contribution is -2.33. The maximum absolute atomic E-state index is 14.2. The van der Waals surface area contributed by atoms with Gasteiger partial charge in [-0.2, -0.15) is 4.98 Å². The summed E-state index contributed by atoms with van der Waals surface area (Å²) in [7, 11) is 0. The number of aromatic nitrogens is 2. The molecule has 0 saturated heterocycles. The smallest absolute Gasteiger partial charge is 0.357 e. The van der Waals surface area contributed by atoms with Gasteiger partial charge in [-0.25, -0.2) is 31.7 Å². The molecule has 10 heteroatoms. The molecule has 0 spiro atoms. The second kappa shape index (κ2) is 7.91. The van der Waals surface area contributed by atoms with Crippen molar-refractivity contribution in [3.63, 3.8) is 0 Å². The predicted octanol–water partition coefficient (Wildman–Crippen LogP) is 3.49. The first-order valence-electron chi connectivity index (χ1n) is 7.88. The van der Waals surface area contributed by atoms with E-state index in [2.05, 4.69) is 10.3 Å². The van der Waals surface area contributed by atoms with Gasteiger partial charge in [0.1, 0.15) is 17.5 Å². The van der Waals surface area contributed by atoms with Gasteiger partial charge >= 0.3 is 11.7 Å². The van der Waals surface area contributed by atoms with Gasteiger partial charge in [0, 0.05) is 18.2 Å². The number of benzene rings is 2. The molecule has 28 heavy (non-hydrogen) atoms. The number of hydrogen-bond acceptors (Lipinski definition) is 4. The van der Waals surface area contributed by atoms with Crippen molar-refractivity contribution in [1.82, 2.24) is 9.55 Å². The van der Waals surface area contributed by atoms with Crippen molar-refractivity contribution in [3.05, 3.63) is 88.0 Å². The number of nitrogens with zero attached hydrogens (tertiary/aromatic N) is 2. The number of anilines is 2. The van der Waals surface area contributed by atoms with Crippen LogP contribution < -0.4 is 16.3 Å². The molecule has 2 N–H and O–H groups in total. The molecule has 0 bridgehead atoms. The molecule has 3 aromatic rings. The Morgan fingerprint density at radius 3 is 2.46 bits per heavy atom. The Morgan fingerprint density at radius 1 is 1.00 bits per heavy atom. The van der Waals surface area contributed by atoms with Gasteiger partial charge in [0.25, 0.3) is 0 Å². The molecular weight excluding hydrogens is 380 g/mol. The van der Waals surface area contributed by atoms with Crippen LogP contribution in [0.2, 0.25) is 0 Å². The van der Waals surface area contributed by atoms with Crippen LogP contribution >= 0.6 is 0 Å². The molecule has 1 amide bonds. The van der Waals surface area contributed by atoms with Crippen molar-refractivity contribution in [2.24, 2.45) is 0 Å². The Bertz CT molecular complexity index is 1100. The van der Waals surface area contributed by atoms with Gasteiger partial charge in [-0.3, -0.25) is 0 Å². The highest BCUT2D eigenvalue weighted by Crippen LogP contribution is 2.16. The van der Waals surface area contributed by atoms with Gasteiger partial charge in [0.15, 0.2) is 11.6 Å². The molecule has 0 aliphatic carbocycles. The van der Waals surface area contributed by atoms with Crippen LogP contribution in [0.4, 0.5) is 33.9 Å². The standard InChI is InChI=1S/C18H12F4N4O2/c19-11-5-6-15(13(21)7-11)24-17(27)26-9-14(22)16(25-18(26)28)23-8-10-3-1-2-4-12(10)20/h1-7,9H,8H2,(H,24,27)(H,23,25,28). The van der Waals surface area contributed by atoms with E-state index in [0.29, 0.717) is 12.3 Å². The molecule has 0 saturated carbocycles. The molecule has 0 aliphatic heterocycles. The van der Waals surface area contributed by atoms with E-state index in [4.69, 9.17) is 0 Å². The van der Waals surface area contributed by atoms with E-state index >= 15 is 0 Å². The van der Waals surface area contributed by atoms with Crippen LogP contribution in [-0.4, -0.2) is 15.6 Å². The maximum Gasteiger partial charge on any atom is 0.357 e. The van der Waals surface area contributed by atoms with Crippen LogP contribution in [0.15, 0.2) is 53.5 Å². The van der Waals surface area contributed by atoms with Gasteiger partial charge in [-0.15, -0.1) is 0 Å². The summed E-state index contributed by atoms with van der Waals surface area (Å²) in [6.45, 7) is -0.146. The van der Waals surface area contributed by atoms with Crippen LogP contribution in [0.25, 0.3) is 0 Å². The Hall–Kier alpha value is -3.69. The number of amides is 1. The lowest BCUT2D eigenvalue weighted by atomic mass is 10.2. The quantitative estimate of drug-likeness (QED) is 0.667. The van der Waals surface area contributed by atoms with E-state index in [1.165, 1.54) is 18.2 Å². The van der Waals surface area contributed by atoms with E-state index in [-0.39, 0.29) is 16.7 Å². The third-order valence-corrected chi connectivity index (χ3v) is 3.68. The van der Waals surface area contributed by atoms with E-state index in [0.717, 1.165) is 12.1 Å². The highest BCUT2D eigenvalue weighted by Gasteiger charge is 2.16. The Morgan fingerprint density at radius 2 is 1.75 bits per heavy atom. The second-order valence-corrected chi connectivity index (χ2v) is 5.59. The molecule has 144 valence electrons. The topological polar surface area (TPSA) is 76.0 Å². The van der Waals surface area contributed by atoms with Gasteiger partial charge in [-0.05, 0) is 18.2 Å². The molecule has 0 radical (unpaired) electrons. The minimum atomic E-state index is -1.19. The highest BCUT2D eigenvalue weighted by molar-refractivity contribution is 5.91. The summed E-state index contributed by atoms with van der Waals surface area (Å²) in [5, 5.41) is 4.48. The average Bonchev–Trinajstić information content (AvgIpc) is 2.65. The summed E-state index contributed by atoms with van der Waals surface area (Å²) in [6, 6.07) is 6.94. The summed E-state index contributed by atoms with van der Waals surface area (Å²) in [5.74, 6) is -4.00. The summed E-state index contributed by atoms with van der Waals surface area (Å²) in [6.07, 6.45) is 0.551. The lowest BCUT2D eigenvalue weighted by molar-refractivity contribution is 0.252. The SMILES string of the molecule is O=C(Nc1ccc(F)cc1F)n1cc(F)c(NCc2ccccc2F)nc1=O. The van der Waals surface area contributed by atoms with Gasteiger partial charge in [0.2, 0.25) is 0 Å². The monoisotopic (exact) mass is 392 g/mol. The Kier molecular flexibility index (Phi) is 5.39. The van der Waals surface area contributed by atoms with Crippen molar-refractivity contribution in [3.8, 4) is 0 Å². The fourth-order valence-electron chi connectivity index (χ4n) is 2.29. The van der Waals surface area contributed by atoms with Crippen LogP contribution in [0.3, 0.4) is 0 Å². The van der Waals surface area contributed by atoms with Crippen LogP contribution in [0, 0.1) is 23.3 Å². The van der Waals surface area contributed by atoms with Crippen LogP contribution in [0.1, 0.15) is 5.56 Å². The van der Waals surface area contributed by atoms with Crippen LogP contribution in [0.5, 0.6) is 0 Å². The first-order valence-corrected chi connectivity index (χ1v) is 7.88. The summed E-state index contributed by atoms with van der Waals surface area (Å²) < 4.78 is 54.5. The van der Waals surface area contributed by atoms with Crippen molar-refractivity contribution >= 4 is 17.5 Å². The number of carbonyl (C=O) groups excluding carboxylic acids is 1. The number of nitrogens with one attached hydrogen (secondary N) is 2. The largest absolute Gasteiger partial charge is 0.363 e. The van der Waals surface area contributed by atoms with E-state index < -0.39 is 46.5 Å². The fourth-order valence-corrected chi connectivity index (χ4v) is 2.29. The van der Waals surface area contributed by atoms with E-state index in [1.54, 1.807) is 6.07 Å². The Balaban J connectivity index is 1.78. The second-order valence-electron chi connectivity index (χ2n) is 5.59. The van der Waals surface area contributed by atoms with E-state index in [9.17, 15) is 27.2 Å². The highest BCUT2D eigenvalue weighted by atomic mass is 19.1. The van der Waals surface area contributed by atoms with E-state index in [1.807, 2.05) is 5.32 Å². The third kappa shape index (κ3) is 4.17.